The molecular weight excluding hydrogens is 162 g/mol. The summed E-state index contributed by atoms with van der Waals surface area (Å²) in [5, 5.41) is 0. The molecule has 0 fully saturated rings. The van der Waals surface area contributed by atoms with Crippen LogP contribution in [0.25, 0.3) is 6.08 Å². The summed E-state index contributed by atoms with van der Waals surface area (Å²) >= 11 is 0. The minimum atomic E-state index is 0.452. The highest BCUT2D eigenvalue weighted by Gasteiger charge is 1.92. The second-order valence-corrected chi connectivity index (χ2v) is 3.10. The minimum absolute atomic E-state index is 0.452. The van der Waals surface area contributed by atoms with E-state index in [1.54, 1.807) is 0 Å². The summed E-state index contributed by atoms with van der Waals surface area (Å²) in [7, 11) is 0. The van der Waals surface area contributed by atoms with Gasteiger partial charge in [0.15, 0.2) is 0 Å². The monoisotopic (exact) mass is 177 g/mol. The zero-order chi connectivity index (χ0) is 9.68. The zero-order valence-electron chi connectivity index (χ0n) is 8.08. The Labute approximate surface area is 79.0 Å². The van der Waals surface area contributed by atoms with E-state index in [0.29, 0.717) is 6.61 Å². The Kier molecular flexibility index (Phi) is 3.68. The first-order valence-corrected chi connectivity index (χ1v) is 4.29. The van der Waals surface area contributed by atoms with E-state index >= 15 is 0 Å². The number of hydrogen-bond acceptors (Lipinski definition) is 2. The van der Waals surface area contributed by atoms with Crippen molar-refractivity contribution in [3.05, 3.63) is 41.0 Å². The lowest BCUT2D eigenvalue weighted by molar-refractivity contribution is 0.168. The average molecular weight is 177 g/mol. The van der Waals surface area contributed by atoms with Gasteiger partial charge in [0.05, 0.1) is 6.61 Å². The van der Waals surface area contributed by atoms with Gasteiger partial charge in [0.1, 0.15) is 0 Å². The lowest BCUT2D eigenvalue weighted by atomic mass is 10.1. The van der Waals surface area contributed by atoms with Crippen LogP contribution in [0.1, 0.15) is 16.7 Å². The number of rotatable bonds is 3. The zero-order valence-corrected chi connectivity index (χ0v) is 8.08. The van der Waals surface area contributed by atoms with Gasteiger partial charge in [-0.15, -0.1) is 0 Å². The first-order valence-electron chi connectivity index (χ1n) is 4.29. The van der Waals surface area contributed by atoms with Gasteiger partial charge in [0.25, 0.3) is 0 Å². The van der Waals surface area contributed by atoms with Crippen LogP contribution in [0.3, 0.4) is 0 Å². The van der Waals surface area contributed by atoms with Crippen LogP contribution in [0.5, 0.6) is 0 Å². The number of benzene rings is 1. The lowest BCUT2D eigenvalue weighted by Crippen LogP contribution is -1.97. The van der Waals surface area contributed by atoms with Crippen molar-refractivity contribution in [1.29, 1.82) is 0 Å². The standard InChI is InChI=1S/C11H15NO/c1-9-5-6-11(10(2)8-9)4-3-7-13-12/h3-6,8H,7,12H2,1-2H3/b4-3+. The van der Waals surface area contributed by atoms with Gasteiger partial charge in [0, 0.05) is 0 Å². The van der Waals surface area contributed by atoms with Crippen LogP contribution in [0.4, 0.5) is 0 Å². The molecule has 0 saturated carbocycles. The molecule has 0 aliphatic rings. The van der Waals surface area contributed by atoms with Crippen LogP contribution >= 0.6 is 0 Å². The third kappa shape index (κ3) is 3.01. The number of hydrogen-bond donors (Lipinski definition) is 1. The van der Waals surface area contributed by atoms with Gasteiger partial charge in [-0.05, 0) is 25.0 Å². The molecule has 0 spiro atoms. The van der Waals surface area contributed by atoms with Gasteiger partial charge in [-0.25, -0.2) is 5.90 Å². The van der Waals surface area contributed by atoms with Crippen molar-refractivity contribution in [2.75, 3.05) is 6.61 Å². The van der Waals surface area contributed by atoms with Crippen LogP contribution in [-0.4, -0.2) is 6.61 Å². The molecule has 2 N–H and O–H groups in total. The summed E-state index contributed by atoms with van der Waals surface area (Å²) in [6, 6.07) is 6.34. The molecule has 0 bridgehead atoms. The molecule has 1 rings (SSSR count). The van der Waals surface area contributed by atoms with E-state index in [0.717, 1.165) is 0 Å². The second-order valence-electron chi connectivity index (χ2n) is 3.10. The van der Waals surface area contributed by atoms with Crippen LogP contribution in [0.15, 0.2) is 24.3 Å². The van der Waals surface area contributed by atoms with Crippen LogP contribution in [0.2, 0.25) is 0 Å². The SMILES string of the molecule is Cc1ccc(/C=C/CON)c(C)c1. The molecule has 13 heavy (non-hydrogen) atoms. The minimum Gasteiger partial charge on any atom is -0.300 e. The Morgan fingerprint density at radius 1 is 1.38 bits per heavy atom. The van der Waals surface area contributed by atoms with Gasteiger partial charge >= 0.3 is 0 Å². The van der Waals surface area contributed by atoms with Gasteiger partial charge in [0.2, 0.25) is 0 Å². The molecule has 0 saturated heterocycles. The maximum atomic E-state index is 4.90. The smallest absolute Gasteiger partial charge is 0.0864 e. The maximum Gasteiger partial charge on any atom is 0.0864 e. The van der Waals surface area contributed by atoms with Crippen molar-refractivity contribution in [3.63, 3.8) is 0 Å². The highest BCUT2D eigenvalue weighted by molar-refractivity contribution is 5.54. The summed E-state index contributed by atoms with van der Waals surface area (Å²) in [5.41, 5.74) is 3.76. The predicted molar refractivity (Wildman–Crippen MR) is 55.1 cm³/mol. The Hall–Kier alpha value is -1.12. The van der Waals surface area contributed by atoms with Crippen molar-refractivity contribution < 1.29 is 4.84 Å². The quantitative estimate of drug-likeness (QED) is 0.718. The molecule has 2 heteroatoms. The molecule has 0 heterocycles. The fraction of sp³-hybridized carbons (Fsp3) is 0.273. The molecule has 1 aromatic carbocycles. The summed E-state index contributed by atoms with van der Waals surface area (Å²) in [5.74, 6) is 4.90. The van der Waals surface area contributed by atoms with E-state index in [2.05, 4.69) is 36.9 Å². The first kappa shape index (κ1) is 9.96. The number of nitrogens with two attached hydrogens (primary N) is 1. The molecule has 0 amide bonds. The second kappa shape index (κ2) is 4.80. The lowest BCUT2D eigenvalue weighted by Gasteiger charge is -2.01. The van der Waals surface area contributed by atoms with Crippen LogP contribution in [-0.2, 0) is 4.84 Å². The maximum absolute atomic E-state index is 4.90. The van der Waals surface area contributed by atoms with Crippen LogP contribution in [0, 0.1) is 13.8 Å². The van der Waals surface area contributed by atoms with Gasteiger partial charge in [-0.3, -0.25) is 0 Å². The topological polar surface area (TPSA) is 35.2 Å². The van der Waals surface area contributed by atoms with E-state index in [9.17, 15) is 0 Å². The van der Waals surface area contributed by atoms with E-state index in [1.165, 1.54) is 16.7 Å². The van der Waals surface area contributed by atoms with E-state index in [1.807, 2.05) is 12.2 Å². The fourth-order valence-corrected chi connectivity index (χ4v) is 1.24. The molecule has 70 valence electrons. The molecule has 0 atom stereocenters. The Morgan fingerprint density at radius 2 is 2.15 bits per heavy atom. The van der Waals surface area contributed by atoms with E-state index in [4.69, 9.17) is 5.90 Å². The molecule has 0 unspecified atom stereocenters. The molecule has 0 radical (unpaired) electrons. The highest BCUT2D eigenvalue weighted by Crippen LogP contribution is 2.11. The number of aryl methyl sites for hydroxylation is 2. The van der Waals surface area contributed by atoms with Crippen LogP contribution < -0.4 is 5.90 Å². The summed E-state index contributed by atoms with van der Waals surface area (Å²) < 4.78 is 0. The average Bonchev–Trinajstić information content (AvgIpc) is 2.09. The van der Waals surface area contributed by atoms with Crippen molar-refractivity contribution >= 4 is 6.08 Å². The third-order valence-corrected chi connectivity index (χ3v) is 1.92. The molecule has 1 aromatic rings. The normalized spacial score (nSPS) is 11.0. The molecule has 2 nitrogen and oxygen atoms in total. The van der Waals surface area contributed by atoms with Crippen molar-refractivity contribution in [2.45, 2.75) is 13.8 Å². The summed E-state index contributed by atoms with van der Waals surface area (Å²) in [4.78, 5) is 4.44. The van der Waals surface area contributed by atoms with Gasteiger partial charge in [-0.1, -0.05) is 35.9 Å². The molecule has 0 aliphatic carbocycles. The van der Waals surface area contributed by atoms with E-state index in [-0.39, 0.29) is 0 Å². The van der Waals surface area contributed by atoms with Gasteiger partial charge < -0.3 is 4.84 Å². The predicted octanol–water partition coefficient (Wildman–Crippen LogP) is 2.21. The Balaban J connectivity index is 2.77. The third-order valence-electron chi connectivity index (χ3n) is 1.92. The van der Waals surface area contributed by atoms with Crippen molar-refractivity contribution in [2.24, 2.45) is 5.90 Å². The summed E-state index contributed by atoms with van der Waals surface area (Å²) in [6.45, 7) is 4.63. The fourth-order valence-electron chi connectivity index (χ4n) is 1.24. The summed E-state index contributed by atoms with van der Waals surface area (Å²) in [6.07, 6.45) is 3.92. The largest absolute Gasteiger partial charge is 0.300 e. The molecule has 0 aliphatic heterocycles. The van der Waals surface area contributed by atoms with Crippen molar-refractivity contribution in [3.8, 4) is 0 Å². The van der Waals surface area contributed by atoms with E-state index < -0.39 is 0 Å². The van der Waals surface area contributed by atoms with Gasteiger partial charge in [-0.2, -0.15) is 0 Å². The Bertz CT molecular complexity index is 305. The first-order chi connectivity index (χ1) is 6.24. The van der Waals surface area contributed by atoms with Crippen molar-refractivity contribution in [1.82, 2.24) is 0 Å². The Morgan fingerprint density at radius 3 is 2.77 bits per heavy atom. The molecular formula is C11H15NO. The highest BCUT2D eigenvalue weighted by atomic mass is 16.6. The molecule has 0 aromatic heterocycles.